The van der Waals surface area contributed by atoms with E-state index in [1.165, 1.54) is 4.31 Å². The van der Waals surface area contributed by atoms with Gasteiger partial charge in [0, 0.05) is 24.7 Å². The van der Waals surface area contributed by atoms with Crippen LogP contribution in [-0.4, -0.2) is 38.8 Å². The normalized spacial score (nSPS) is 17.7. The molecule has 29 heavy (non-hydrogen) atoms. The average Bonchev–Trinajstić information content (AvgIpc) is 2.74. The number of hydrogen-bond acceptors (Lipinski definition) is 4. The van der Waals surface area contributed by atoms with E-state index in [1.807, 2.05) is 24.3 Å². The van der Waals surface area contributed by atoms with E-state index in [1.54, 1.807) is 31.4 Å². The number of methoxy groups -OCH3 is 1. The summed E-state index contributed by atoms with van der Waals surface area (Å²) in [5, 5.41) is 3.49. The molecule has 2 aromatic rings. The van der Waals surface area contributed by atoms with Gasteiger partial charge in [0.15, 0.2) is 0 Å². The standard InChI is InChI=1S/C21H25ClN2O4S/c1-28-20-10-6-16(7-11-20)13-23-21(25)18-3-2-12-24(14-18)29(26,27)15-17-4-8-19(22)9-5-17/h4-11,18H,2-3,12-15H2,1H3,(H,23,25)/t18-/m0/s1. The number of nitrogens with one attached hydrogen (secondary N) is 1. The Morgan fingerprint density at radius 3 is 2.45 bits per heavy atom. The van der Waals surface area contributed by atoms with Gasteiger partial charge in [0.2, 0.25) is 15.9 Å². The Hall–Kier alpha value is -2.09. The molecule has 0 aliphatic carbocycles. The zero-order valence-electron chi connectivity index (χ0n) is 16.3. The molecule has 6 nitrogen and oxygen atoms in total. The molecule has 0 aromatic heterocycles. The molecule has 1 aliphatic heterocycles. The lowest BCUT2D eigenvalue weighted by Crippen LogP contribution is -2.45. The molecule has 0 unspecified atom stereocenters. The number of ether oxygens (including phenoxy) is 1. The molecule has 1 amide bonds. The number of amides is 1. The average molecular weight is 437 g/mol. The van der Waals surface area contributed by atoms with E-state index in [2.05, 4.69) is 5.32 Å². The van der Waals surface area contributed by atoms with Crippen molar-refractivity contribution < 1.29 is 17.9 Å². The van der Waals surface area contributed by atoms with Gasteiger partial charge in [-0.15, -0.1) is 0 Å². The number of nitrogens with zero attached hydrogens (tertiary/aromatic N) is 1. The lowest BCUT2D eigenvalue weighted by atomic mass is 9.99. The Bertz CT molecular complexity index is 930. The van der Waals surface area contributed by atoms with Gasteiger partial charge < -0.3 is 10.1 Å². The highest BCUT2D eigenvalue weighted by Gasteiger charge is 2.32. The summed E-state index contributed by atoms with van der Waals surface area (Å²) >= 11 is 5.86. The maximum atomic E-state index is 12.8. The molecule has 1 heterocycles. The monoisotopic (exact) mass is 436 g/mol. The van der Waals surface area contributed by atoms with E-state index in [4.69, 9.17) is 16.3 Å². The molecule has 8 heteroatoms. The molecule has 0 spiro atoms. The Balaban J connectivity index is 1.57. The molecule has 1 atom stereocenters. The molecular formula is C21H25ClN2O4S. The second-order valence-electron chi connectivity index (χ2n) is 7.15. The summed E-state index contributed by atoms with van der Waals surface area (Å²) in [6, 6.07) is 14.2. The predicted octanol–water partition coefficient (Wildman–Crippen LogP) is 3.21. The second-order valence-corrected chi connectivity index (χ2v) is 9.55. The number of carbonyl (C=O) groups excluding carboxylic acids is 1. The largest absolute Gasteiger partial charge is 0.497 e. The van der Waals surface area contributed by atoms with Gasteiger partial charge in [-0.1, -0.05) is 35.9 Å². The van der Waals surface area contributed by atoms with Gasteiger partial charge in [0.05, 0.1) is 18.8 Å². The smallest absolute Gasteiger partial charge is 0.224 e. The molecule has 1 fully saturated rings. The van der Waals surface area contributed by atoms with Gasteiger partial charge in [0.1, 0.15) is 5.75 Å². The summed E-state index contributed by atoms with van der Waals surface area (Å²) in [7, 11) is -1.89. The quantitative estimate of drug-likeness (QED) is 0.723. The molecule has 3 rings (SSSR count). The van der Waals surface area contributed by atoms with Crippen molar-refractivity contribution in [3.8, 4) is 5.75 Å². The maximum Gasteiger partial charge on any atom is 0.224 e. The minimum absolute atomic E-state index is 0.0929. The molecule has 0 saturated carbocycles. The van der Waals surface area contributed by atoms with E-state index in [-0.39, 0.29) is 24.1 Å². The first kappa shape index (κ1) is 21.6. The van der Waals surface area contributed by atoms with Crippen LogP contribution >= 0.6 is 11.6 Å². The fourth-order valence-corrected chi connectivity index (χ4v) is 5.11. The first-order valence-corrected chi connectivity index (χ1v) is 11.5. The van der Waals surface area contributed by atoms with E-state index in [9.17, 15) is 13.2 Å². The molecule has 156 valence electrons. The van der Waals surface area contributed by atoms with Crippen LogP contribution in [0.2, 0.25) is 5.02 Å². The van der Waals surface area contributed by atoms with Crippen molar-refractivity contribution in [1.82, 2.24) is 9.62 Å². The third-order valence-electron chi connectivity index (χ3n) is 5.04. The maximum absolute atomic E-state index is 12.8. The van der Waals surface area contributed by atoms with Crippen molar-refractivity contribution in [3.05, 3.63) is 64.7 Å². The fraction of sp³-hybridized carbons (Fsp3) is 0.381. The van der Waals surface area contributed by atoms with Crippen LogP contribution < -0.4 is 10.1 Å². The van der Waals surface area contributed by atoms with Crippen LogP contribution in [0.3, 0.4) is 0 Å². The summed E-state index contributed by atoms with van der Waals surface area (Å²) in [6.07, 6.45) is 1.35. The van der Waals surface area contributed by atoms with Gasteiger partial charge in [-0.2, -0.15) is 0 Å². The van der Waals surface area contributed by atoms with Crippen LogP contribution in [0.25, 0.3) is 0 Å². The first-order chi connectivity index (χ1) is 13.9. The van der Waals surface area contributed by atoms with E-state index in [0.717, 1.165) is 11.3 Å². The van der Waals surface area contributed by atoms with Crippen molar-refractivity contribution in [1.29, 1.82) is 0 Å². The minimum Gasteiger partial charge on any atom is -0.497 e. The zero-order chi connectivity index (χ0) is 20.9. The van der Waals surface area contributed by atoms with Crippen LogP contribution in [0.5, 0.6) is 5.75 Å². The number of halogens is 1. The molecule has 1 aliphatic rings. The Morgan fingerprint density at radius 1 is 1.14 bits per heavy atom. The SMILES string of the molecule is COc1ccc(CNC(=O)[C@H]2CCCN(S(=O)(=O)Cc3ccc(Cl)cc3)C2)cc1. The van der Waals surface area contributed by atoms with Crippen molar-refractivity contribution in [2.24, 2.45) is 5.92 Å². The molecule has 0 bridgehead atoms. The van der Waals surface area contributed by atoms with E-state index in [0.29, 0.717) is 36.5 Å². The number of carbonyl (C=O) groups is 1. The van der Waals surface area contributed by atoms with Crippen LogP contribution in [-0.2, 0) is 27.1 Å². The van der Waals surface area contributed by atoms with Gasteiger partial charge >= 0.3 is 0 Å². The van der Waals surface area contributed by atoms with Crippen LogP contribution in [0, 0.1) is 5.92 Å². The highest BCUT2D eigenvalue weighted by Crippen LogP contribution is 2.22. The molecule has 1 saturated heterocycles. The Labute approximate surface area is 176 Å². The number of benzene rings is 2. The highest BCUT2D eigenvalue weighted by molar-refractivity contribution is 7.88. The topological polar surface area (TPSA) is 75.7 Å². The number of hydrogen-bond donors (Lipinski definition) is 1. The zero-order valence-corrected chi connectivity index (χ0v) is 17.9. The number of rotatable bonds is 7. The fourth-order valence-electron chi connectivity index (χ4n) is 3.37. The molecule has 0 radical (unpaired) electrons. The number of sulfonamides is 1. The van der Waals surface area contributed by atoms with E-state index >= 15 is 0 Å². The summed E-state index contributed by atoms with van der Waals surface area (Å²) in [4.78, 5) is 12.6. The highest BCUT2D eigenvalue weighted by atomic mass is 35.5. The summed E-state index contributed by atoms with van der Waals surface area (Å²) < 4.78 is 32.2. The first-order valence-electron chi connectivity index (χ1n) is 9.50. The third kappa shape index (κ3) is 5.95. The van der Waals surface area contributed by atoms with Crippen molar-refractivity contribution in [3.63, 3.8) is 0 Å². The van der Waals surface area contributed by atoms with Gasteiger partial charge in [0.25, 0.3) is 0 Å². The summed E-state index contributed by atoms with van der Waals surface area (Å²) in [5.74, 6) is 0.202. The Morgan fingerprint density at radius 2 is 1.79 bits per heavy atom. The third-order valence-corrected chi connectivity index (χ3v) is 7.10. The van der Waals surface area contributed by atoms with Crippen molar-refractivity contribution in [2.45, 2.75) is 25.1 Å². The van der Waals surface area contributed by atoms with E-state index < -0.39 is 10.0 Å². The van der Waals surface area contributed by atoms with Crippen LogP contribution in [0.4, 0.5) is 0 Å². The lowest BCUT2D eigenvalue weighted by Gasteiger charge is -2.31. The van der Waals surface area contributed by atoms with Gasteiger partial charge in [-0.3, -0.25) is 4.79 Å². The summed E-state index contributed by atoms with van der Waals surface area (Å²) in [6.45, 7) is 1.05. The predicted molar refractivity (Wildman–Crippen MR) is 113 cm³/mol. The van der Waals surface area contributed by atoms with Crippen molar-refractivity contribution in [2.75, 3.05) is 20.2 Å². The van der Waals surface area contributed by atoms with Gasteiger partial charge in [-0.05, 0) is 48.2 Å². The van der Waals surface area contributed by atoms with Crippen LogP contribution in [0.15, 0.2) is 48.5 Å². The van der Waals surface area contributed by atoms with Gasteiger partial charge in [-0.25, -0.2) is 12.7 Å². The summed E-state index contributed by atoms with van der Waals surface area (Å²) in [5.41, 5.74) is 1.64. The minimum atomic E-state index is -3.49. The molecule has 1 N–H and O–H groups in total. The Kier molecular flexibility index (Phi) is 7.16. The molecule has 2 aromatic carbocycles. The van der Waals surface area contributed by atoms with Crippen LogP contribution in [0.1, 0.15) is 24.0 Å². The second kappa shape index (κ2) is 9.61. The van der Waals surface area contributed by atoms with Crippen molar-refractivity contribution >= 4 is 27.5 Å². The number of piperidine rings is 1. The molecular weight excluding hydrogens is 412 g/mol. The lowest BCUT2D eigenvalue weighted by molar-refractivity contribution is -0.126.